The van der Waals surface area contributed by atoms with Crippen LogP contribution < -0.4 is 20.3 Å². The van der Waals surface area contributed by atoms with Gasteiger partial charge in [-0.1, -0.05) is 195 Å². The van der Waals surface area contributed by atoms with E-state index in [9.17, 15) is 0 Å². The highest BCUT2D eigenvalue weighted by molar-refractivity contribution is 6.00. The normalized spacial score (nSPS) is 13.6. The van der Waals surface area contributed by atoms with Crippen molar-refractivity contribution >= 4 is 56.0 Å². The van der Waals surface area contributed by atoms with Gasteiger partial charge in [0.25, 0.3) is 0 Å². The fourth-order valence-electron chi connectivity index (χ4n) is 11.1. The number of hydrogen-bond acceptors (Lipinski definition) is 3. The van der Waals surface area contributed by atoms with Gasteiger partial charge in [-0.05, 0) is 99.1 Å². The average Bonchev–Trinajstić information content (AvgIpc) is 3.89. The molecule has 0 fully saturated rings. The number of benzene rings is 10. The van der Waals surface area contributed by atoms with E-state index in [1.54, 1.807) is 0 Å². The van der Waals surface area contributed by atoms with E-state index in [-0.39, 0.29) is 0 Å². The standard InChI is InChI=1S/C64H43NO2/c1-3-60-54(52-25-13-16-28-61(52)66-60)39-41(2)65(59-27-15-12-21-48(59)43-17-5-4-6-18-43)47-34-29-42(30-35-47)46-33-36-56-53(40-46)51-24-11-14-26-55(51)64(56)57-37-31-44-19-7-9-22-49(44)62(57)67-63-50-23-10-8-20-45(50)32-38-58(63)64/h3-40H,2H2,1H3/b54-39-,60-3+. The first-order valence-electron chi connectivity index (χ1n) is 23.0. The van der Waals surface area contributed by atoms with Gasteiger partial charge in [0.05, 0.1) is 11.1 Å². The second-order valence-corrected chi connectivity index (χ2v) is 17.6. The lowest BCUT2D eigenvalue weighted by molar-refractivity contribution is 0.447. The summed E-state index contributed by atoms with van der Waals surface area (Å²) >= 11 is 0. The van der Waals surface area contributed by atoms with E-state index < -0.39 is 5.41 Å². The first kappa shape index (κ1) is 38.8. The molecule has 0 saturated heterocycles. The molecule has 0 saturated carbocycles. The fraction of sp³-hybridized carbons (Fsp3) is 0.0312. The van der Waals surface area contributed by atoms with E-state index in [2.05, 4.69) is 217 Å². The Bertz CT molecular complexity index is 3850. The van der Waals surface area contributed by atoms with Crippen molar-refractivity contribution in [2.24, 2.45) is 0 Å². The number of ether oxygens (including phenoxy) is 1. The minimum absolute atomic E-state index is 0.593. The van der Waals surface area contributed by atoms with Crippen molar-refractivity contribution in [3.05, 3.63) is 264 Å². The summed E-state index contributed by atoms with van der Waals surface area (Å²) in [6.45, 7) is 6.77. The highest BCUT2D eigenvalue weighted by atomic mass is 16.5. The zero-order chi connectivity index (χ0) is 44.6. The van der Waals surface area contributed by atoms with Crippen LogP contribution in [0.4, 0.5) is 11.4 Å². The molecule has 10 aromatic carbocycles. The van der Waals surface area contributed by atoms with Crippen LogP contribution in [0.15, 0.2) is 235 Å². The molecule has 2 aliphatic rings. The summed E-state index contributed by atoms with van der Waals surface area (Å²) in [7, 11) is 0. The summed E-state index contributed by atoms with van der Waals surface area (Å²) in [4.78, 5) is 2.27. The third kappa shape index (κ3) is 5.84. The number of anilines is 2. The summed E-state index contributed by atoms with van der Waals surface area (Å²) in [5, 5.41) is 6.61. The molecule has 3 nitrogen and oxygen atoms in total. The smallest absolute Gasteiger partial charge is 0.140 e. The average molecular weight is 858 g/mol. The molecule has 3 heteroatoms. The molecule has 0 bridgehead atoms. The van der Waals surface area contributed by atoms with E-state index in [0.29, 0.717) is 0 Å². The summed E-state index contributed by atoms with van der Waals surface area (Å²) < 4.78 is 13.5. The largest absolute Gasteiger partial charge is 0.456 e. The molecule has 1 aliphatic carbocycles. The maximum absolute atomic E-state index is 7.17. The predicted molar refractivity (Wildman–Crippen MR) is 277 cm³/mol. The third-order valence-electron chi connectivity index (χ3n) is 14.0. The van der Waals surface area contributed by atoms with E-state index in [0.717, 1.165) is 105 Å². The summed E-state index contributed by atoms with van der Waals surface area (Å²) in [6, 6.07) is 78.6. The number of fused-ring (bicyclic) bond motifs is 14. The van der Waals surface area contributed by atoms with Crippen LogP contribution in [0, 0.1) is 0 Å². The second-order valence-electron chi connectivity index (χ2n) is 17.6. The van der Waals surface area contributed by atoms with Gasteiger partial charge in [-0.3, -0.25) is 0 Å². The van der Waals surface area contributed by atoms with Gasteiger partial charge in [0.2, 0.25) is 0 Å². The van der Waals surface area contributed by atoms with Crippen LogP contribution in [-0.2, 0) is 5.41 Å². The van der Waals surface area contributed by atoms with E-state index in [4.69, 9.17) is 15.7 Å². The molecule has 67 heavy (non-hydrogen) atoms. The van der Waals surface area contributed by atoms with Crippen molar-refractivity contribution in [3.63, 3.8) is 0 Å². The molecule has 1 aliphatic heterocycles. The molecule has 1 spiro atoms. The molecule has 0 radical (unpaired) electrons. The molecule has 0 N–H and O–H groups in total. The van der Waals surface area contributed by atoms with Crippen LogP contribution in [-0.4, -0.2) is 0 Å². The number of hydrogen-bond donors (Lipinski definition) is 0. The number of rotatable bonds is 6. The Balaban J connectivity index is 0.973. The zero-order valence-electron chi connectivity index (χ0n) is 36.9. The Morgan fingerprint density at radius 2 is 1.04 bits per heavy atom. The Kier molecular flexibility index (Phi) is 8.81. The molecular weight excluding hydrogens is 815 g/mol. The van der Waals surface area contributed by atoms with Crippen LogP contribution in [0.2, 0.25) is 0 Å². The lowest BCUT2D eigenvalue weighted by Crippen LogP contribution is -2.32. The molecule has 13 rings (SSSR count). The zero-order valence-corrected chi connectivity index (χ0v) is 36.9. The van der Waals surface area contributed by atoms with E-state index in [1.165, 1.54) is 22.3 Å². The van der Waals surface area contributed by atoms with Gasteiger partial charge in [0, 0.05) is 49.5 Å². The third-order valence-corrected chi connectivity index (χ3v) is 14.0. The van der Waals surface area contributed by atoms with E-state index >= 15 is 0 Å². The number of nitrogens with zero attached hydrogens (tertiary/aromatic N) is 1. The lowest BCUT2D eigenvalue weighted by atomic mass is 9.65. The maximum Gasteiger partial charge on any atom is 0.140 e. The Morgan fingerprint density at radius 3 is 1.76 bits per heavy atom. The van der Waals surface area contributed by atoms with E-state index in [1.807, 2.05) is 25.1 Å². The minimum Gasteiger partial charge on any atom is -0.456 e. The minimum atomic E-state index is -0.593. The molecule has 1 aromatic heterocycles. The van der Waals surface area contributed by atoms with Crippen LogP contribution in [0.1, 0.15) is 29.2 Å². The Hall–Kier alpha value is -8.66. The summed E-state index contributed by atoms with van der Waals surface area (Å²) in [5.41, 5.74) is 15.8. The van der Waals surface area contributed by atoms with Gasteiger partial charge in [-0.15, -0.1) is 0 Å². The molecule has 11 aromatic rings. The topological polar surface area (TPSA) is 25.6 Å². The van der Waals surface area contributed by atoms with Crippen LogP contribution >= 0.6 is 0 Å². The molecule has 0 amide bonds. The molecular formula is C64H43NO2. The summed E-state index contributed by atoms with van der Waals surface area (Å²) in [5.74, 6) is 1.85. The van der Waals surface area contributed by atoms with Crippen LogP contribution in [0.3, 0.4) is 0 Å². The van der Waals surface area contributed by atoms with Crippen molar-refractivity contribution in [1.29, 1.82) is 0 Å². The Morgan fingerprint density at radius 1 is 0.478 bits per heavy atom. The van der Waals surface area contributed by atoms with Crippen molar-refractivity contribution < 1.29 is 9.15 Å². The number of para-hydroxylation sites is 2. The quantitative estimate of drug-likeness (QED) is 0.167. The fourth-order valence-corrected chi connectivity index (χ4v) is 11.1. The van der Waals surface area contributed by atoms with Crippen molar-refractivity contribution in [2.75, 3.05) is 4.90 Å². The predicted octanol–water partition coefficient (Wildman–Crippen LogP) is 15.5. The van der Waals surface area contributed by atoms with Crippen LogP contribution in [0.5, 0.6) is 11.5 Å². The SMILES string of the molecule is C=C(/C=c1\c(=C/C)oc2ccccc12)N(c1ccc(-c2ccc3c(c2)-c2ccccc2C32c3ccc4ccccc4c3Oc3c2ccc2ccccc32)cc1)c1ccccc1-c1ccccc1. The van der Waals surface area contributed by atoms with Gasteiger partial charge in [-0.2, -0.15) is 0 Å². The highest BCUT2D eigenvalue weighted by Gasteiger charge is 2.51. The highest BCUT2D eigenvalue weighted by Crippen LogP contribution is 2.64. The lowest BCUT2D eigenvalue weighted by Gasteiger charge is -2.40. The number of furan rings is 1. The van der Waals surface area contributed by atoms with Gasteiger partial charge >= 0.3 is 0 Å². The number of allylic oxidation sites excluding steroid dienone is 1. The maximum atomic E-state index is 7.17. The molecule has 0 atom stereocenters. The molecule has 2 heterocycles. The summed E-state index contributed by atoms with van der Waals surface area (Å²) in [6.07, 6.45) is 4.18. The monoisotopic (exact) mass is 857 g/mol. The second kappa shape index (κ2) is 15.2. The van der Waals surface area contributed by atoms with Gasteiger partial charge in [0.1, 0.15) is 22.5 Å². The van der Waals surface area contributed by atoms with Crippen LogP contribution in [0.25, 0.3) is 78.0 Å². The first-order valence-corrected chi connectivity index (χ1v) is 23.0. The van der Waals surface area contributed by atoms with Crippen molar-refractivity contribution in [3.8, 4) is 44.9 Å². The van der Waals surface area contributed by atoms with Crippen molar-refractivity contribution in [1.82, 2.24) is 0 Å². The Labute approximate surface area is 389 Å². The van der Waals surface area contributed by atoms with Gasteiger partial charge in [-0.25, -0.2) is 0 Å². The molecule has 316 valence electrons. The van der Waals surface area contributed by atoms with Crippen molar-refractivity contribution in [2.45, 2.75) is 12.3 Å². The van der Waals surface area contributed by atoms with Gasteiger partial charge < -0.3 is 14.1 Å². The molecule has 0 unspecified atom stereocenters. The van der Waals surface area contributed by atoms with Gasteiger partial charge in [0.15, 0.2) is 0 Å². The first-order chi connectivity index (χ1) is 33.1.